The molecule has 5 nitrogen and oxygen atoms in total. The smallest absolute Gasteiger partial charge is 0.410 e. The molecule has 1 atom stereocenters. The van der Waals surface area contributed by atoms with Crippen molar-refractivity contribution in [3.63, 3.8) is 0 Å². The molecule has 2 aromatic carbocycles. The molecule has 0 aliphatic carbocycles. The molecule has 168 valence electrons. The summed E-state index contributed by atoms with van der Waals surface area (Å²) in [6.07, 6.45) is 2.91. The SMILES string of the molecule is CC(C)(C)OC(=O)N1CCC[C@H]1c1ncc(-c2cc(F)c(I)c(-c3ccc(F)cc3)c2)[nH]1. The number of halogens is 3. The molecule has 0 saturated carbocycles. The molecular formula is C24H24F2IN3O2. The molecule has 0 spiro atoms. The monoisotopic (exact) mass is 551 g/mol. The summed E-state index contributed by atoms with van der Waals surface area (Å²) in [6, 6.07) is 9.06. The van der Waals surface area contributed by atoms with E-state index in [0.29, 0.717) is 32.8 Å². The van der Waals surface area contributed by atoms with Gasteiger partial charge >= 0.3 is 6.09 Å². The Morgan fingerprint density at radius 1 is 1.19 bits per heavy atom. The number of nitrogens with zero attached hydrogens (tertiary/aromatic N) is 2. The predicted molar refractivity (Wildman–Crippen MR) is 127 cm³/mol. The van der Waals surface area contributed by atoms with Gasteiger partial charge in [0.05, 0.1) is 21.5 Å². The minimum absolute atomic E-state index is 0.219. The Morgan fingerprint density at radius 2 is 1.91 bits per heavy atom. The van der Waals surface area contributed by atoms with E-state index in [1.165, 1.54) is 18.2 Å². The number of H-pyrrole nitrogens is 1. The predicted octanol–water partition coefficient (Wildman–Crippen LogP) is 6.70. The Bertz CT molecular complexity index is 1140. The van der Waals surface area contributed by atoms with E-state index in [9.17, 15) is 13.6 Å². The maximum atomic E-state index is 14.7. The molecule has 1 N–H and O–H groups in total. The van der Waals surface area contributed by atoms with Crippen LogP contribution < -0.4 is 0 Å². The number of nitrogens with one attached hydrogen (secondary N) is 1. The third-order valence-corrected chi connectivity index (χ3v) is 6.38. The lowest BCUT2D eigenvalue weighted by Crippen LogP contribution is -2.36. The van der Waals surface area contributed by atoms with Gasteiger partial charge in [0.1, 0.15) is 23.1 Å². The van der Waals surface area contributed by atoms with Crippen LogP contribution in [0.3, 0.4) is 0 Å². The third-order valence-electron chi connectivity index (χ3n) is 5.29. The van der Waals surface area contributed by atoms with Crippen molar-refractivity contribution in [2.45, 2.75) is 45.3 Å². The number of carbonyl (C=O) groups excluding carboxylic acids is 1. The summed E-state index contributed by atoms with van der Waals surface area (Å²) < 4.78 is 34.1. The molecular weight excluding hydrogens is 527 g/mol. The average Bonchev–Trinajstić information content (AvgIpc) is 3.38. The van der Waals surface area contributed by atoms with E-state index in [0.717, 1.165) is 18.4 Å². The minimum atomic E-state index is -0.575. The summed E-state index contributed by atoms with van der Waals surface area (Å²) in [6.45, 7) is 6.11. The number of carbonyl (C=O) groups is 1. The van der Waals surface area contributed by atoms with Crippen LogP contribution >= 0.6 is 22.6 Å². The van der Waals surface area contributed by atoms with Crippen molar-refractivity contribution < 1.29 is 18.3 Å². The van der Waals surface area contributed by atoms with Gasteiger partial charge in [0.2, 0.25) is 0 Å². The van der Waals surface area contributed by atoms with Gasteiger partial charge in [0.15, 0.2) is 0 Å². The number of rotatable bonds is 3. The average molecular weight is 551 g/mol. The number of aromatic nitrogens is 2. The quantitative estimate of drug-likeness (QED) is 0.369. The number of benzene rings is 2. The highest BCUT2D eigenvalue weighted by atomic mass is 127. The van der Waals surface area contributed by atoms with Gasteiger partial charge < -0.3 is 9.72 Å². The Labute approximate surface area is 199 Å². The van der Waals surface area contributed by atoms with Crippen LogP contribution in [-0.4, -0.2) is 33.1 Å². The fourth-order valence-electron chi connectivity index (χ4n) is 3.83. The first kappa shape index (κ1) is 22.7. The first-order valence-corrected chi connectivity index (χ1v) is 11.5. The third kappa shape index (κ3) is 4.79. The van der Waals surface area contributed by atoms with Gasteiger partial charge in [-0.2, -0.15) is 0 Å². The summed E-state index contributed by atoms with van der Waals surface area (Å²) in [7, 11) is 0. The molecule has 1 fully saturated rings. The van der Waals surface area contributed by atoms with E-state index in [2.05, 4.69) is 9.97 Å². The standard InChI is InChI=1S/C24H24F2IN3O2/c1-24(2,3)32-23(31)30-10-4-5-20(30)22-28-13-19(29-22)15-11-17(21(27)18(26)12-15)14-6-8-16(25)9-7-14/h6-9,11-13,20H,4-5,10H2,1-3H3,(H,28,29)/t20-/m0/s1. The van der Waals surface area contributed by atoms with Crippen molar-refractivity contribution in [3.8, 4) is 22.4 Å². The fourth-order valence-corrected chi connectivity index (χ4v) is 4.45. The summed E-state index contributed by atoms with van der Waals surface area (Å²) in [5.41, 5.74) is 2.10. The van der Waals surface area contributed by atoms with Crippen molar-refractivity contribution in [2.75, 3.05) is 6.54 Å². The van der Waals surface area contributed by atoms with Gasteiger partial charge in [-0.15, -0.1) is 0 Å². The number of hydrogen-bond acceptors (Lipinski definition) is 3. The molecule has 0 bridgehead atoms. The summed E-state index contributed by atoms with van der Waals surface area (Å²) >= 11 is 1.96. The summed E-state index contributed by atoms with van der Waals surface area (Å²) in [5.74, 6) is -0.0647. The second-order valence-electron chi connectivity index (χ2n) is 8.84. The van der Waals surface area contributed by atoms with Crippen LogP contribution in [0.15, 0.2) is 42.6 Å². The highest BCUT2D eigenvalue weighted by molar-refractivity contribution is 14.1. The lowest BCUT2D eigenvalue weighted by atomic mass is 10.0. The van der Waals surface area contributed by atoms with Crippen LogP contribution in [0, 0.1) is 15.2 Å². The van der Waals surface area contributed by atoms with Crippen LogP contribution in [0.2, 0.25) is 0 Å². The van der Waals surface area contributed by atoms with Crippen LogP contribution in [0.1, 0.15) is 45.5 Å². The van der Waals surface area contributed by atoms with E-state index in [1.807, 2.05) is 49.4 Å². The van der Waals surface area contributed by atoms with Gasteiger partial charge in [0, 0.05) is 12.1 Å². The zero-order valence-electron chi connectivity index (χ0n) is 18.1. The van der Waals surface area contributed by atoms with Crippen molar-refractivity contribution in [1.82, 2.24) is 14.9 Å². The molecule has 0 radical (unpaired) electrons. The van der Waals surface area contributed by atoms with Crippen LogP contribution in [0.5, 0.6) is 0 Å². The minimum Gasteiger partial charge on any atom is -0.444 e. The molecule has 1 saturated heterocycles. The molecule has 1 aliphatic rings. The van der Waals surface area contributed by atoms with Gasteiger partial charge in [-0.1, -0.05) is 12.1 Å². The first-order chi connectivity index (χ1) is 15.1. The Hall–Kier alpha value is -2.49. The highest BCUT2D eigenvalue weighted by Crippen LogP contribution is 2.35. The molecule has 0 unspecified atom stereocenters. The Morgan fingerprint density at radius 3 is 2.59 bits per heavy atom. The molecule has 4 rings (SSSR count). The lowest BCUT2D eigenvalue weighted by molar-refractivity contribution is 0.0218. The Balaban J connectivity index is 1.64. The molecule has 1 aromatic heterocycles. The van der Waals surface area contributed by atoms with Crippen LogP contribution in [0.4, 0.5) is 13.6 Å². The van der Waals surface area contributed by atoms with Gasteiger partial charge in [0.25, 0.3) is 0 Å². The number of aromatic amines is 1. The second kappa shape index (κ2) is 8.80. The maximum Gasteiger partial charge on any atom is 0.410 e. The maximum absolute atomic E-state index is 14.7. The van der Waals surface area contributed by atoms with Gasteiger partial charge in [-0.3, -0.25) is 4.90 Å². The van der Waals surface area contributed by atoms with Crippen molar-refractivity contribution in [2.24, 2.45) is 0 Å². The molecule has 3 aromatic rings. The van der Waals surface area contributed by atoms with Crippen molar-refractivity contribution in [3.05, 3.63) is 63.6 Å². The zero-order chi connectivity index (χ0) is 23.0. The fraction of sp³-hybridized carbons (Fsp3) is 0.333. The second-order valence-corrected chi connectivity index (χ2v) is 9.92. The van der Waals surface area contributed by atoms with E-state index >= 15 is 0 Å². The zero-order valence-corrected chi connectivity index (χ0v) is 20.2. The van der Waals surface area contributed by atoms with Crippen LogP contribution in [0.25, 0.3) is 22.4 Å². The highest BCUT2D eigenvalue weighted by Gasteiger charge is 2.34. The van der Waals surface area contributed by atoms with E-state index in [1.54, 1.807) is 23.2 Å². The van der Waals surface area contributed by atoms with Gasteiger partial charge in [-0.05, 0) is 91.6 Å². The molecule has 1 aliphatic heterocycles. The van der Waals surface area contributed by atoms with E-state index < -0.39 is 5.60 Å². The van der Waals surface area contributed by atoms with Gasteiger partial charge in [-0.25, -0.2) is 18.6 Å². The number of imidazole rings is 1. The number of amides is 1. The topological polar surface area (TPSA) is 58.2 Å². The summed E-state index contributed by atoms with van der Waals surface area (Å²) in [4.78, 5) is 22.1. The molecule has 2 heterocycles. The number of ether oxygens (including phenoxy) is 1. The van der Waals surface area contributed by atoms with E-state index in [-0.39, 0.29) is 23.8 Å². The first-order valence-electron chi connectivity index (χ1n) is 10.4. The molecule has 1 amide bonds. The number of likely N-dealkylation sites (tertiary alicyclic amines) is 1. The van der Waals surface area contributed by atoms with Crippen molar-refractivity contribution in [1.29, 1.82) is 0 Å². The largest absolute Gasteiger partial charge is 0.444 e. The van der Waals surface area contributed by atoms with E-state index in [4.69, 9.17) is 4.74 Å². The molecule has 8 heteroatoms. The molecule has 32 heavy (non-hydrogen) atoms. The van der Waals surface area contributed by atoms with Crippen LogP contribution in [-0.2, 0) is 4.74 Å². The normalized spacial score (nSPS) is 16.4. The Kier molecular flexibility index (Phi) is 6.24. The number of hydrogen-bond donors (Lipinski definition) is 1. The lowest BCUT2D eigenvalue weighted by Gasteiger charge is -2.27. The summed E-state index contributed by atoms with van der Waals surface area (Å²) in [5, 5.41) is 0. The van der Waals surface area contributed by atoms with Crippen molar-refractivity contribution >= 4 is 28.7 Å².